The summed E-state index contributed by atoms with van der Waals surface area (Å²) in [7, 11) is 0. The van der Waals surface area contributed by atoms with Crippen molar-refractivity contribution in [3.8, 4) is 0 Å². The summed E-state index contributed by atoms with van der Waals surface area (Å²) in [4.78, 5) is 24.6. The molecule has 1 aromatic heterocycles. The lowest BCUT2D eigenvalue weighted by Crippen LogP contribution is -2.37. The molecule has 18 heavy (non-hydrogen) atoms. The lowest BCUT2D eigenvalue weighted by atomic mass is 10.1. The van der Waals surface area contributed by atoms with Crippen molar-refractivity contribution >= 4 is 22.6 Å². The van der Waals surface area contributed by atoms with Gasteiger partial charge in [0.25, 0.3) is 5.56 Å². The first kappa shape index (κ1) is 13.6. The standard InChI is InChI=1S/C9H10FIN2O5/c10-6-7(16)3(2-14)18-8(6)13-4(11)1-5(15)12-9(13)17/h1,3,6-8,14,16H,2H2,(H,12,15,17)/t3-,6-,7-,8-/m1/s1. The van der Waals surface area contributed by atoms with Gasteiger partial charge in [0.05, 0.1) is 10.3 Å². The molecule has 3 N–H and O–H groups in total. The Kier molecular flexibility index (Phi) is 3.84. The average Bonchev–Trinajstić information content (AvgIpc) is 2.56. The number of halogens is 2. The van der Waals surface area contributed by atoms with Gasteiger partial charge in [-0.05, 0) is 22.6 Å². The van der Waals surface area contributed by atoms with Gasteiger partial charge in [-0.3, -0.25) is 14.3 Å². The van der Waals surface area contributed by atoms with Crippen molar-refractivity contribution in [2.45, 2.75) is 24.6 Å². The largest absolute Gasteiger partial charge is 0.394 e. The number of nitrogens with one attached hydrogen (secondary N) is 1. The van der Waals surface area contributed by atoms with Gasteiger partial charge >= 0.3 is 5.69 Å². The van der Waals surface area contributed by atoms with Crippen LogP contribution in [0.5, 0.6) is 0 Å². The number of aliphatic hydroxyl groups is 2. The zero-order chi connectivity index (χ0) is 13.4. The van der Waals surface area contributed by atoms with Gasteiger partial charge in [0.15, 0.2) is 12.4 Å². The molecule has 4 atom stereocenters. The van der Waals surface area contributed by atoms with Gasteiger partial charge in [0.2, 0.25) is 0 Å². The minimum Gasteiger partial charge on any atom is -0.394 e. The number of H-pyrrole nitrogens is 1. The van der Waals surface area contributed by atoms with E-state index in [-0.39, 0.29) is 3.70 Å². The van der Waals surface area contributed by atoms with Crippen LogP contribution in [-0.4, -0.2) is 44.8 Å². The fourth-order valence-corrected chi connectivity index (χ4v) is 2.55. The first-order valence-corrected chi connectivity index (χ1v) is 6.13. The number of rotatable bonds is 2. The highest BCUT2D eigenvalue weighted by Gasteiger charge is 2.45. The van der Waals surface area contributed by atoms with Crippen LogP contribution in [0.3, 0.4) is 0 Å². The van der Waals surface area contributed by atoms with Crippen molar-refractivity contribution in [3.63, 3.8) is 0 Å². The third kappa shape index (κ3) is 2.22. The molecule has 9 heteroatoms. The van der Waals surface area contributed by atoms with Gasteiger partial charge < -0.3 is 14.9 Å². The molecular formula is C9H10FIN2O5. The van der Waals surface area contributed by atoms with Crippen LogP contribution < -0.4 is 11.2 Å². The van der Waals surface area contributed by atoms with E-state index in [1.807, 2.05) is 4.98 Å². The molecule has 0 saturated carbocycles. The number of alkyl halides is 1. The average molecular weight is 372 g/mol. The number of ether oxygens (including phenoxy) is 1. The molecule has 1 aromatic rings. The maximum Gasteiger partial charge on any atom is 0.331 e. The van der Waals surface area contributed by atoms with E-state index in [0.29, 0.717) is 0 Å². The van der Waals surface area contributed by atoms with Crippen LogP contribution in [0.4, 0.5) is 4.39 Å². The Morgan fingerprint density at radius 3 is 2.72 bits per heavy atom. The van der Waals surface area contributed by atoms with Crippen molar-refractivity contribution in [1.29, 1.82) is 0 Å². The predicted molar refractivity (Wildman–Crippen MR) is 65.9 cm³/mol. The van der Waals surface area contributed by atoms with E-state index in [4.69, 9.17) is 9.84 Å². The first-order valence-electron chi connectivity index (χ1n) is 5.05. The Labute approximate surface area is 113 Å². The smallest absolute Gasteiger partial charge is 0.331 e. The van der Waals surface area contributed by atoms with Crippen molar-refractivity contribution < 1.29 is 19.3 Å². The lowest BCUT2D eigenvalue weighted by molar-refractivity contribution is -0.0502. The first-order chi connectivity index (χ1) is 8.45. The summed E-state index contributed by atoms with van der Waals surface area (Å²) in [5.41, 5.74) is -1.43. The molecule has 1 aliphatic heterocycles. The molecule has 0 aromatic carbocycles. The Bertz CT molecular complexity index is 559. The van der Waals surface area contributed by atoms with Crippen LogP contribution in [0.25, 0.3) is 0 Å². The summed E-state index contributed by atoms with van der Waals surface area (Å²) in [6.07, 6.45) is -5.85. The van der Waals surface area contributed by atoms with Gasteiger partial charge in [0.1, 0.15) is 12.2 Å². The summed E-state index contributed by atoms with van der Waals surface area (Å²) in [6, 6.07) is 1.11. The molecule has 1 saturated heterocycles. The van der Waals surface area contributed by atoms with Gasteiger partial charge in [-0.1, -0.05) is 0 Å². The van der Waals surface area contributed by atoms with Gasteiger partial charge in [-0.25, -0.2) is 9.18 Å². The second-order valence-electron chi connectivity index (χ2n) is 3.81. The van der Waals surface area contributed by atoms with Crippen LogP contribution in [0.1, 0.15) is 6.23 Å². The molecule has 100 valence electrons. The second kappa shape index (κ2) is 5.07. The normalized spacial score (nSPS) is 31.8. The topological polar surface area (TPSA) is 105 Å². The van der Waals surface area contributed by atoms with Crippen molar-refractivity contribution in [3.05, 3.63) is 30.6 Å². The molecule has 1 fully saturated rings. The lowest BCUT2D eigenvalue weighted by Gasteiger charge is -2.17. The highest BCUT2D eigenvalue weighted by Crippen LogP contribution is 2.31. The molecule has 0 unspecified atom stereocenters. The van der Waals surface area contributed by atoms with Crippen LogP contribution in [-0.2, 0) is 4.74 Å². The quantitative estimate of drug-likeness (QED) is 0.444. The van der Waals surface area contributed by atoms with E-state index in [1.54, 1.807) is 22.6 Å². The van der Waals surface area contributed by atoms with E-state index in [0.717, 1.165) is 10.6 Å². The summed E-state index contributed by atoms with van der Waals surface area (Å²) in [5, 5.41) is 18.4. The molecular weight excluding hydrogens is 362 g/mol. The zero-order valence-corrected chi connectivity index (χ0v) is 11.1. The number of aromatic nitrogens is 2. The summed E-state index contributed by atoms with van der Waals surface area (Å²) >= 11 is 1.69. The Morgan fingerprint density at radius 1 is 1.56 bits per heavy atom. The third-order valence-corrected chi connectivity index (χ3v) is 3.49. The number of hydrogen-bond acceptors (Lipinski definition) is 5. The summed E-state index contributed by atoms with van der Waals surface area (Å²) in [6.45, 7) is -0.563. The SMILES string of the molecule is O=c1cc(I)n([C@@H]2O[C@H](CO)[C@@H](O)[C@H]2F)c(=O)[nH]1. The maximum atomic E-state index is 13.8. The molecule has 2 rings (SSSR count). The van der Waals surface area contributed by atoms with Gasteiger partial charge in [-0.15, -0.1) is 0 Å². The molecule has 0 bridgehead atoms. The number of aromatic amines is 1. The summed E-state index contributed by atoms with van der Waals surface area (Å²) in [5.74, 6) is 0. The minimum atomic E-state index is -1.86. The molecule has 0 amide bonds. The van der Waals surface area contributed by atoms with E-state index >= 15 is 0 Å². The molecule has 0 spiro atoms. The highest BCUT2D eigenvalue weighted by atomic mass is 127. The van der Waals surface area contributed by atoms with Crippen molar-refractivity contribution in [2.75, 3.05) is 6.61 Å². The van der Waals surface area contributed by atoms with E-state index in [2.05, 4.69) is 0 Å². The Morgan fingerprint density at radius 2 is 2.22 bits per heavy atom. The van der Waals surface area contributed by atoms with Crippen LogP contribution >= 0.6 is 22.6 Å². The third-order valence-electron chi connectivity index (χ3n) is 2.66. The van der Waals surface area contributed by atoms with Crippen molar-refractivity contribution in [2.24, 2.45) is 0 Å². The van der Waals surface area contributed by atoms with Crippen LogP contribution in [0, 0.1) is 3.70 Å². The maximum absolute atomic E-state index is 13.8. The fraction of sp³-hybridized carbons (Fsp3) is 0.556. The monoisotopic (exact) mass is 372 g/mol. The van der Waals surface area contributed by atoms with Gasteiger partial charge in [0, 0.05) is 6.07 Å². The highest BCUT2D eigenvalue weighted by molar-refractivity contribution is 14.1. The number of hydrogen-bond donors (Lipinski definition) is 3. The molecule has 7 nitrogen and oxygen atoms in total. The van der Waals surface area contributed by atoms with Crippen LogP contribution in [0.15, 0.2) is 15.7 Å². The fourth-order valence-electron chi connectivity index (χ4n) is 1.78. The Balaban J connectivity index is 2.45. The van der Waals surface area contributed by atoms with Crippen molar-refractivity contribution in [1.82, 2.24) is 9.55 Å². The summed E-state index contributed by atoms with van der Waals surface area (Å²) < 4.78 is 20.0. The second-order valence-corrected chi connectivity index (χ2v) is 4.92. The van der Waals surface area contributed by atoms with Gasteiger partial charge in [-0.2, -0.15) is 0 Å². The predicted octanol–water partition coefficient (Wildman–Crippen LogP) is -1.27. The molecule has 1 aliphatic rings. The Hall–Kier alpha value is -0.780. The molecule has 0 aliphatic carbocycles. The van der Waals surface area contributed by atoms with E-state index in [1.165, 1.54) is 0 Å². The number of nitrogens with zero attached hydrogens (tertiary/aromatic N) is 1. The molecule has 2 heterocycles. The van der Waals surface area contributed by atoms with E-state index < -0.39 is 42.5 Å². The van der Waals surface area contributed by atoms with E-state index in [9.17, 15) is 19.1 Å². The number of aliphatic hydroxyl groups excluding tert-OH is 2. The molecule has 0 radical (unpaired) electrons. The minimum absolute atomic E-state index is 0.180. The zero-order valence-electron chi connectivity index (χ0n) is 8.92. The van der Waals surface area contributed by atoms with Crippen LogP contribution in [0.2, 0.25) is 0 Å².